The second kappa shape index (κ2) is 8.11. The molecule has 1 aromatic heterocycles. The summed E-state index contributed by atoms with van der Waals surface area (Å²) in [7, 11) is 0. The van der Waals surface area contributed by atoms with Gasteiger partial charge in [-0.05, 0) is 29.8 Å². The topological polar surface area (TPSA) is 46.9 Å². The van der Waals surface area contributed by atoms with E-state index in [1.165, 1.54) is 0 Å². The molecule has 0 aliphatic heterocycles. The third kappa shape index (κ3) is 3.97. The van der Waals surface area contributed by atoms with Crippen LogP contribution >= 0.6 is 11.6 Å². The molecule has 28 heavy (non-hydrogen) atoms. The minimum atomic E-state index is -0.115. The first-order valence-corrected chi connectivity index (χ1v) is 9.31. The Labute approximate surface area is 168 Å². The Hall–Kier alpha value is -3.37. The minimum absolute atomic E-state index is 0.115. The van der Waals surface area contributed by atoms with Crippen LogP contribution < -0.4 is 5.32 Å². The van der Waals surface area contributed by atoms with E-state index >= 15 is 0 Å². The van der Waals surface area contributed by atoms with Crippen molar-refractivity contribution in [3.8, 4) is 16.8 Å². The van der Waals surface area contributed by atoms with E-state index in [9.17, 15) is 4.79 Å². The largest absolute Gasteiger partial charge is 0.325 e. The predicted molar refractivity (Wildman–Crippen MR) is 113 cm³/mol. The van der Waals surface area contributed by atoms with Gasteiger partial charge < -0.3 is 5.32 Å². The molecule has 0 fully saturated rings. The highest BCUT2D eigenvalue weighted by Crippen LogP contribution is 2.28. The number of aromatic nitrogens is 2. The Morgan fingerprint density at radius 2 is 1.64 bits per heavy atom. The van der Waals surface area contributed by atoms with E-state index in [1.54, 1.807) is 12.3 Å². The lowest BCUT2D eigenvalue weighted by molar-refractivity contribution is -0.115. The third-order valence-corrected chi connectivity index (χ3v) is 4.79. The number of nitrogens with one attached hydrogen (secondary N) is 1. The highest BCUT2D eigenvalue weighted by atomic mass is 35.5. The van der Waals surface area contributed by atoms with Crippen LogP contribution in [-0.2, 0) is 11.2 Å². The van der Waals surface area contributed by atoms with Crippen molar-refractivity contribution in [2.45, 2.75) is 6.42 Å². The first-order valence-electron chi connectivity index (χ1n) is 8.93. The molecular formula is C23H18ClN3O. The molecule has 4 nitrogen and oxygen atoms in total. The minimum Gasteiger partial charge on any atom is -0.325 e. The van der Waals surface area contributed by atoms with E-state index < -0.39 is 0 Å². The molecule has 1 N–H and O–H groups in total. The van der Waals surface area contributed by atoms with E-state index in [2.05, 4.69) is 10.4 Å². The fraction of sp³-hybridized carbons (Fsp3) is 0.0435. The number of amides is 1. The van der Waals surface area contributed by atoms with Crippen LogP contribution in [0.15, 0.2) is 91.3 Å². The van der Waals surface area contributed by atoms with Gasteiger partial charge in [-0.15, -0.1) is 0 Å². The summed E-state index contributed by atoms with van der Waals surface area (Å²) in [5, 5.41) is 8.04. The number of anilines is 1. The van der Waals surface area contributed by atoms with Gasteiger partial charge in [0.2, 0.25) is 5.91 Å². The Balaban J connectivity index is 1.57. The van der Waals surface area contributed by atoms with E-state index in [0.717, 1.165) is 28.1 Å². The molecule has 0 bridgehead atoms. The maximum absolute atomic E-state index is 12.6. The van der Waals surface area contributed by atoms with Gasteiger partial charge >= 0.3 is 0 Å². The van der Waals surface area contributed by atoms with E-state index in [-0.39, 0.29) is 12.3 Å². The van der Waals surface area contributed by atoms with Crippen LogP contribution in [0.1, 0.15) is 5.56 Å². The lowest BCUT2D eigenvalue weighted by Gasteiger charge is -2.10. The number of carbonyl (C=O) groups is 1. The molecule has 5 heteroatoms. The van der Waals surface area contributed by atoms with Gasteiger partial charge in [-0.3, -0.25) is 4.79 Å². The molecule has 4 aromatic rings. The Kier molecular flexibility index (Phi) is 5.22. The first kappa shape index (κ1) is 18.0. The Morgan fingerprint density at radius 1 is 0.929 bits per heavy atom. The van der Waals surface area contributed by atoms with Crippen molar-refractivity contribution in [3.63, 3.8) is 0 Å². The zero-order valence-corrected chi connectivity index (χ0v) is 15.8. The van der Waals surface area contributed by atoms with E-state index in [0.29, 0.717) is 5.02 Å². The fourth-order valence-electron chi connectivity index (χ4n) is 3.04. The Bertz CT molecular complexity index is 1110. The molecule has 0 unspecified atom stereocenters. The van der Waals surface area contributed by atoms with Crippen molar-refractivity contribution < 1.29 is 4.79 Å². The molecule has 1 heterocycles. The zero-order valence-electron chi connectivity index (χ0n) is 15.0. The van der Waals surface area contributed by atoms with Crippen LogP contribution in [0.4, 0.5) is 5.69 Å². The van der Waals surface area contributed by atoms with E-state index in [1.807, 2.05) is 83.7 Å². The van der Waals surface area contributed by atoms with Gasteiger partial charge in [-0.1, -0.05) is 66.2 Å². The molecule has 0 aliphatic rings. The van der Waals surface area contributed by atoms with Gasteiger partial charge in [-0.2, -0.15) is 5.10 Å². The maximum atomic E-state index is 12.6. The average Bonchev–Trinajstić information content (AvgIpc) is 3.21. The lowest BCUT2D eigenvalue weighted by Crippen LogP contribution is -2.15. The molecular weight excluding hydrogens is 370 g/mol. The smallest absolute Gasteiger partial charge is 0.228 e. The molecule has 0 saturated heterocycles. The number of halogens is 1. The summed E-state index contributed by atoms with van der Waals surface area (Å²) in [6.07, 6.45) is 3.97. The van der Waals surface area contributed by atoms with Gasteiger partial charge in [0.15, 0.2) is 0 Å². The van der Waals surface area contributed by atoms with Crippen LogP contribution in [0.3, 0.4) is 0 Å². The van der Waals surface area contributed by atoms with Gasteiger partial charge in [0, 0.05) is 28.0 Å². The summed E-state index contributed by atoms with van der Waals surface area (Å²) in [6.45, 7) is 0. The summed E-state index contributed by atoms with van der Waals surface area (Å²) in [5.74, 6) is -0.115. The maximum Gasteiger partial charge on any atom is 0.228 e. The molecule has 3 aromatic carbocycles. The normalized spacial score (nSPS) is 10.6. The fourth-order valence-corrected chi connectivity index (χ4v) is 3.24. The number of carbonyl (C=O) groups excluding carboxylic acids is 1. The Morgan fingerprint density at radius 3 is 2.46 bits per heavy atom. The first-order chi connectivity index (χ1) is 13.7. The predicted octanol–water partition coefficient (Wildman–Crippen LogP) is 5.37. The molecule has 1 amide bonds. The summed E-state index contributed by atoms with van der Waals surface area (Å²) in [6, 6.07) is 25.0. The summed E-state index contributed by atoms with van der Waals surface area (Å²) in [4.78, 5) is 12.6. The number of rotatable bonds is 5. The number of hydrogen-bond donors (Lipinski definition) is 1. The van der Waals surface area contributed by atoms with Crippen LogP contribution in [0.5, 0.6) is 0 Å². The number of hydrogen-bond acceptors (Lipinski definition) is 2. The average molecular weight is 388 g/mol. The SMILES string of the molecule is O=C(Cc1ccccc1Cl)Nc1ccccc1-c1cnn(-c2ccccc2)c1. The summed E-state index contributed by atoms with van der Waals surface area (Å²) >= 11 is 6.17. The van der Waals surface area contributed by atoms with Gasteiger partial charge in [-0.25, -0.2) is 4.68 Å². The molecule has 0 saturated carbocycles. The highest BCUT2D eigenvalue weighted by molar-refractivity contribution is 6.31. The second-order valence-electron chi connectivity index (χ2n) is 6.37. The van der Waals surface area contributed by atoms with Gasteiger partial charge in [0.1, 0.15) is 0 Å². The van der Waals surface area contributed by atoms with Crippen molar-refractivity contribution in [3.05, 3.63) is 102 Å². The number of benzene rings is 3. The summed E-state index contributed by atoms with van der Waals surface area (Å²) < 4.78 is 1.82. The molecule has 0 aliphatic carbocycles. The zero-order chi connectivity index (χ0) is 19.3. The highest BCUT2D eigenvalue weighted by Gasteiger charge is 2.12. The monoisotopic (exact) mass is 387 g/mol. The van der Waals surface area contributed by atoms with Crippen molar-refractivity contribution >= 4 is 23.2 Å². The van der Waals surface area contributed by atoms with Gasteiger partial charge in [0.25, 0.3) is 0 Å². The van der Waals surface area contributed by atoms with Gasteiger partial charge in [0.05, 0.1) is 18.3 Å². The number of para-hydroxylation sites is 2. The molecule has 4 rings (SSSR count). The quantitative estimate of drug-likeness (QED) is 0.500. The number of nitrogens with zero attached hydrogens (tertiary/aromatic N) is 2. The van der Waals surface area contributed by atoms with Crippen molar-refractivity contribution in [1.82, 2.24) is 9.78 Å². The molecule has 0 spiro atoms. The lowest BCUT2D eigenvalue weighted by atomic mass is 10.1. The van der Waals surface area contributed by atoms with Crippen LogP contribution in [-0.4, -0.2) is 15.7 Å². The van der Waals surface area contributed by atoms with Crippen molar-refractivity contribution in [2.75, 3.05) is 5.32 Å². The van der Waals surface area contributed by atoms with Crippen LogP contribution in [0, 0.1) is 0 Å². The van der Waals surface area contributed by atoms with Crippen LogP contribution in [0.25, 0.3) is 16.8 Å². The molecule has 0 radical (unpaired) electrons. The standard InChI is InChI=1S/C23H18ClN3O/c24-21-12-6-4-8-17(21)14-23(28)26-22-13-7-5-11-20(22)18-15-25-27(16-18)19-9-2-1-3-10-19/h1-13,15-16H,14H2,(H,26,28). The molecule has 0 atom stereocenters. The van der Waals surface area contributed by atoms with Crippen LogP contribution in [0.2, 0.25) is 5.02 Å². The van der Waals surface area contributed by atoms with E-state index in [4.69, 9.17) is 11.6 Å². The second-order valence-corrected chi connectivity index (χ2v) is 6.78. The summed E-state index contributed by atoms with van der Waals surface area (Å²) in [5.41, 5.74) is 4.37. The molecule has 138 valence electrons. The van der Waals surface area contributed by atoms with Crippen molar-refractivity contribution in [2.24, 2.45) is 0 Å². The third-order valence-electron chi connectivity index (χ3n) is 4.42. The van der Waals surface area contributed by atoms with Crippen molar-refractivity contribution in [1.29, 1.82) is 0 Å².